The zero-order valence-electron chi connectivity index (χ0n) is 11.1. The molecule has 0 radical (unpaired) electrons. The number of nitrogen functional groups attached to an aromatic ring is 1. The largest absolute Gasteiger partial charge is 0.399 e. The minimum absolute atomic E-state index is 0.0112. The lowest BCUT2D eigenvalue weighted by Crippen LogP contribution is -2.40. The molecule has 1 heterocycles. The van der Waals surface area contributed by atoms with Crippen molar-refractivity contribution < 1.29 is 13.5 Å². The summed E-state index contributed by atoms with van der Waals surface area (Å²) >= 11 is 0. The van der Waals surface area contributed by atoms with E-state index in [1.54, 1.807) is 12.1 Å². The summed E-state index contributed by atoms with van der Waals surface area (Å²) in [5.41, 5.74) is 6.55. The Morgan fingerprint density at radius 1 is 1.47 bits per heavy atom. The zero-order chi connectivity index (χ0) is 13.8. The fraction of sp³-hybridized carbons (Fsp3) is 0.571. The third-order valence-electron chi connectivity index (χ3n) is 3.41. The number of halogens is 2. The van der Waals surface area contributed by atoms with Crippen molar-refractivity contribution in [3.05, 3.63) is 23.8 Å². The minimum atomic E-state index is -2.51. The number of anilines is 2. The Morgan fingerprint density at radius 2 is 2.26 bits per heavy atom. The molecule has 1 unspecified atom stereocenters. The Balaban J connectivity index is 2.20. The monoisotopic (exact) mass is 270 g/mol. The Kier molecular flexibility index (Phi) is 4.58. The van der Waals surface area contributed by atoms with Crippen LogP contribution in [0.2, 0.25) is 0 Å². The molecule has 1 atom stereocenters. The molecular formula is C14H20F2N2O. The Labute approximate surface area is 112 Å². The van der Waals surface area contributed by atoms with Crippen molar-refractivity contribution in [1.82, 2.24) is 0 Å². The summed E-state index contributed by atoms with van der Waals surface area (Å²) in [7, 11) is 0. The lowest BCUT2D eigenvalue weighted by molar-refractivity contribution is 0.0524. The average molecular weight is 270 g/mol. The average Bonchev–Trinajstić information content (AvgIpc) is 2.39. The number of rotatable bonds is 4. The molecule has 2 N–H and O–H groups in total. The Morgan fingerprint density at radius 3 is 2.95 bits per heavy atom. The lowest BCUT2D eigenvalue weighted by Gasteiger charge is -2.35. The van der Waals surface area contributed by atoms with Crippen molar-refractivity contribution in [2.45, 2.75) is 32.3 Å². The number of alkyl halides is 2. The van der Waals surface area contributed by atoms with Crippen LogP contribution in [0.1, 0.15) is 31.8 Å². The number of ether oxygens (including phenoxy) is 1. The second-order valence-corrected chi connectivity index (χ2v) is 4.78. The fourth-order valence-electron chi connectivity index (χ4n) is 2.56. The maximum absolute atomic E-state index is 13.1. The van der Waals surface area contributed by atoms with Gasteiger partial charge >= 0.3 is 0 Å². The molecule has 0 aromatic heterocycles. The molecule has 0 amide bonds. The first-order chi connectivity index (χ1) is 9.11. The molecule has 0 aliphatic carbocycles. The maximum Gasteiger partial charge on any atom is 0.265 e. The molecule has 0 spiro atoms. The van der Waals surface area contributed by atoms with E-state index >= 15 is 0 Å². The SMILES string of the molecule is CCOC1CCCN(c2ccc(N)cc2C(F)F)C1. The summed E-state index contributed by atoms with van der Waals surface area (Å²) in [6, 6.07) is 4.72. The zero-order valence-corrected chi connectivity index (χ0v) is 11.1. The van der Waals surface area contributed by atoms with Crippen LogP contribution in [0.15, 0.2) is 18.2 Å². The molecule has 5 heteroatoms. The molecule has 1 aromatic rings. The van der Waals surface area contributed by atoms with Crippen LogP contribution in [-0.2, 0) is 4.74 Å². The van der Waals surface area contributed by atoms with Crippen LogP contribution < -0.4 is 10.6 Å². The molecule has 0 bridgehead atoms. The Bertz CT molecular complexity index is 424. The van der Waals surface area contributed by atoms with Crippen LogP contribution in [0.3, 0.4) is 0 Å². The third-order valence-corrected chi connectivity index (χ3v) is 3.41. The second kappa shape index (κ2) is 6.19. The van der Waals surface area contributed by atoms with Gasteiger partial charge in [-0.3, -0.25) is 0 Å². The number of hydrogen-bond acceptors (Lipinski definition) is 3. The summed E-state index contributed by atoms with van der Waals surface area (Å²) in [4.78, 5) is 1.98. The van der Waals surface area contributed by atoms with Crippen molar-refractivity contribution in [2.75, 3.05) is 30.3 Å². The highest BCUT2D eigenvalue weighted by atomic mass is 19.3. The molecule has 19 heavy (non-hydrogen) atoms. The first kappa shape index (κ1) is 14.1. The van der Waals surface area contributed by atoms with E-state index in [2.05, 4.69) is 0 Å². The van der Waals surface area contributed by atoms with Gasteiger partial charge in [0.15, 0.2) is 0 Å². The minimum Gasteiger partial charge on any atom is -0.399 e. The number of benzene rings is 1. The number of hydrogen-bond donors (Lipinski definition) is 1. The standard InChI is InChI=1S/C14H20F2N2O/c1-2-19-11-4-3-7-18(9-11)13-6-5-10(17)8-12(13)14(15)16/h5-6,8,11,14H,2-4,7,9,17H2,1H3. The van der Waals surface area contributed by atoms with Crippen LogP contribution >= 0.6 is 0 Å². The Hall–Kier alpha value is -1.36. The van der Waals surface area contributed by atoms with Gasteiger partial charge in [0, 0.05) is 36.6 Å². The third kappa shape index (κ3) is 3.35. The van der Waals surface area contributed by atoms with Gasteiger partial charge < -0.3 is 15.4 Å². The summed E-state index contributed by atoms with van der Waals surface area (Å²) < 4.78 is 31.8. The van der Waals surface area contributed by atoms with Crippen LogP contribution in [-0.4, -0.2) is 25.8 Å². The smallest absolute Gasteiger partial charge is 0.265 e. The first-order valence-corrected chi connectivity index (χ1v) is 6.66. The van der Waals surface area contributed by atoms with Gasteiger partial charge in [-0.05, 0) is 38.0 Å². The van der Waals surface area contributed by atoms with E-state index < -0.39 is 6.43 Å². The molecular weight excluding hydrogens is 250 g/mol. The number of nitrogens with zero attached hydrogens (tertiary/aromatic N) is 1. The van der Waals surface area contributed by atoms with Crippen molar-refractivity contribution in [3.63, 3.8) is 0 Å². The van der Waals surface area contributed by atoms with Gasteiger partial charge in [0.25, 0.3) is 6.43 Å². The summed E-state index contributed by atoms with van der Waals surface area (Å²) in [6.07, 6.45) is -0.436. The quantitative estimate of drug-likeness (QED) is 0.854. The number of nitrogens with two attached hydrogens (primary N) is 1. The van der Waals surface area contributed by atoms with Crippen molar-refractivity contribution in [1.29, 1.82) is 0 Å². The van der Waals surface area contributed by atoms with Gasteiger partial charge in [-0.25, -0.2) is 8.78 Å². The summed E-state index contributed by atoms with van der Waals surface area (Å²) in [5, 5.41) is 0. The van der Waals surface area contributed by atoms with E-state index in [0.29, 0.717) is 24.5 Å². The maximum atomic E-state index is 13.1. The van der Waals surface area contributed by atoms with Gasteiger partial charge in [-0.1, -0.05) is 0 Å². The molecule has 1 fully saturated rings. The van der Waals surface area contributed by atoms with E-state index in [1.165, 1.54) is 6.07 Å². The van der Waals surface area contributed by atoms with Gasteiger partial charge in [-0.15, -0.1) is 0 Å². The predicted molar refractivity (Wildman–Crippen MR) is 72.7 cm³/mol. The molecule has 3 nitrogen and oxygen atoms in total. The highest BCUT2D eigenvalue weighted by molar-refractivity contribution is 5.60. The molecule has 2 rings (SSSR count). The molecule has 1 aliphatic rings. The molecule has 0 saturated carbocycles. The topological polar surface area (TPSA) is 38.5 Å². The van der Waals surface area contributed by atoms with E-state index in [-0.39, 0.29) is 11.7 Å². The van der Waals surface area contributed by atoms with E-state index in [4.69, 9.17) is 10.5 Å². The van der Waals surface area contributed by atoms with Crippen LogP contribution in [0.5, 0.6) is 0 Å². The molecule has 1 aliphatic heterocycles. The second-order valence-electron chi connectivity index (χ2n) is 4.78. The van der Waals surface area contributed by atoms with Crippen molar-refractivity contribution in [3.8, 4) is 0 Å². The fourth-order valence-corrected chi connectivity index (χ4v) is 2.56. The van der Waals surface area contributed by atoms with Crippen molar-refractivity contribution >= 4 is 11.4 Å². The van der Waals surface area contributed by atoms with Gasteiger partial charge in [0.05, 0.1) is 6.10 Å². The number of piperidine rings is 1. The lowest BCUT2D eigenvalue weighted by atomic mass is 10.0. The normalized spacial score (nSPS) is 20.0. The molecule has 106 valence electrons. The molecule has 1 saturated heterocycles. The summed E-state index contributed by atoms with van der Waals surface area (Å²) in [6.45, 7) is 4.05. The van der Waals surface area contributed by atoms with E-state index in [9.17, 15) is 8.78 Å². The van der Waals surface area contributed by atoms with E-state index in [0.717, 1.165) is 19.4 Å². The highest BCUT2D eigenvalue weighted by Crippen LogP contribution is 2.33. The first-order valence-electron chi connectivity index (χ1n) is 6.66. The van der Waals surface area contributed by atoms with Gasteiger partial charge in [0.1, 0.15) is 0 Å². The van der Waals surface area contributed by atoms with Crippen molar-refractivity contribution in [2.24, 2.45) is 0 Å². The van der Waals surface area contributed by atoms with Crippen LogP contribution in [0.25, 0.3) is 0 Å². The predicted octanol–water partition coefficient (Wildman–Crippen LogP) is 3.21. The summed E-state index contributed by atoms with van der Waals surface area (Å²) in [5.74, 6) is 0. The molecule has 1 aromatic carbocycles. The van der Waals surface area contributed by atoms with Crippen LogP contribution in [0.4, 0.5) is 20.2 Å². The van der Waals surface area contributed by atoms with Crippen LogP contribution in [0, 0.1) is 0 Å². The highest BCUT2D eigenvalue weighted by Gasteiger charge is 2.24. The van der Waals surface area contributed by atoms with Gasteiger partial charge in [0.2, 0.25) is 0 Å². The van der Waals surface area contributed by atoms with Gasteiger partial charge in [-0.2, -0.15) is 0 Å². The van der Waals surface area contributed by atoms with E-state index in [1.807, 2.05) is 11.8 Å².